The number of anilines is 1. The second-order valence-electron chi connectivity index (χ2n) is 4.83. The van der Waals surface area contributed by atoms with E-state index in [4.69, 9.17) is 11.6 Å². The smallest absolute Gasteiger partial charge is 0.0830 e. The molecule has 0 heterocycles. The summed E-state index contributed by atoms with van der Waals surface area (Å²) in [5.41, 5.74) is 3.14. The molecule has 0 saturated heterocycles. The summed E-state index contributed by atoms with van der Waals surface area (Å²) in [6.07, 6.45) is 0.107. The summed E-state index contributed by atoms with van der Waals surface area (Å²) in [4.78, 5) is 2.04. The van der Waals surface area contributed by atoms with Gasteiger partial charge in [0.2, 0.25) is 0 Å². The molecule has 2 aromatic carbocycles. The van der Waals surface area contributed by atoms with Crippen LogP contribution in [0.1, 0.15) is 17.2 Å². The number of aliphatic hydroxyl groups excluding tert-OH is 1. The van der Waals surface area contributed by atoms with Gasteiger partial charge < -0.3 is 10.0 Å². The molecule has 0 saturated carbocycles. The normalized spacial score (nSPS) is 12.2. The molecule has 0 radical (unpaired) electrons. The molecule has 1 N–H and O–H groups in total. The highest BCUT2D eigenvalue weighted by molar-refractivity contribution is 6.30. The van der Waals surface area contributed by atoms with Crippen molar-refractivity contribution in [2.24, 2.45) is 0 Å². The lowest BCUT2D eigenvalue weighted by molar-refractivity contribution is 0.178. The third-order valence-electron chi connectivity index (χ3n) is 3.14. The van der Waals surface area contributed by atoms with Crippen LogP contribution < -0.4 is 4.90 Å². The van der Waals surface area contributed by atoms with Gasteiger partial charge >= 0.3 is 0 Å². The van der Waals surface area contributed by atoms with Crippen molar-refractivity contribution in [2.75, 3.05) is 19.0 Å². The molecular weight excluding hydrogens is 258 g/mol. The molecule has 19 heavy (non-hydrogen) atoms. The molecule has 0 aliphatic carbocycles. The van der Waals surface area contributed by atoms with Crippen molar-refractivity contribution in [1.82, 2.24) is 0 Å². The van der Waals surface area contributed by atoms with Crippen LogP contribution in [-0.4, -0.2) is 19.2 Å². The third-order valence-corrected chi connectivity index (χ3v) is 3.39. The van der Waals surface area contributed by atoms with Crippen molar-refractivity contribution >= 4 is 17.3 Å². The number of nitrogens with zero attached hydrogens (tertiary/aromatic N) is 1. The van der Waals surface area contributed by atoms with Crippen LogP contribution in [0.5, 0.6) is 0 Å². The van der Waals surface area contributed by atoms with E-state index in [0.29, 0.717) is 11.4 Å². The number of halogens is 1. The predicted octanol–water partition coefficient (Wildman–Crippen LogP) is 3.68. The van der Waals surface area contributed by atoms with Gasteiger partial charge in [-0.15, -0.1) is 0 Å². The highest BCUT2D eigenvalue weighted by Crippen LogP contribution is 2.22. The summed E-state index contributed by atoms with van der Waals surface area (Å²) >= 11 is 5.85. The first-order chi connectivity index (χ1) is 9.06. The molecule has 0 spiro atoms. The van der Waals surface area contributed by atoms with Gasteiger partial charge in [0.1, 0.15) is 0 Å². The Morgan fingerprint density at radius 3 is 2.11 bits per heavy atom. The molecule has 2 rings (SSSR count). The lowest BCUT2D eigenvalue weighted by Crippen LogP contribution is -2.09. The van der Waals surface area contributed by atoms with E-state index < -0.39 is 6.10 Å². The van der Waals surface area contributed by atoms with E-state index in [0.717, 1.165) is 16.8 Å². The maximum absolute atomic E-state index is 10.2. The molecule has 100 valence electrons. The largest absolute Gasteiger partial charge is 0.388 e. The first kappa shape index (κ1) is 13.9. The van der Waals surface area contributed by atoms with Crippen LogP contribution in [0, 0.1) is 0 Å². The average Bonchev–Trinajstić information content (AvgIpc) is 2.41. The fourth-order valence-corrected chi connectivity index (χ4v) is 2.08. The number of aliphatic hydroxyl groups is 1. The zero-order valence-corrected chi connectivity index (χ0v) is 11.9. The van der Waals surface area contributed by atoms with E-state index >= 15 is 0 Å². The minimum absolute atomic E-state index is 0.489. The zero-order valence-electron chi connectivity index (χ0n) is 11.2. The first-order valence-corrected chi connectivity index (χ1v) is 6.64. The van der Waals surface area contributed by atoms with Crippen LogP contribution >= 0.6 is 11.6 Å². The van der Waals surface area contributed by atoms with Gasteiger partial charge in [0.05, 0.1) is 6.10 Å². The molecule has 2 aromatic rings. The van der Waals surface area contributed by atoms with Crippen molar-refractivity contribution in [3.8, 4) is 0 Å². The molecule has 0 bridgehead atoms. The molecule has 1 atom stereocenters. The Morgan fingerprint density at radius 1 is 1.00 bits per heavy atom. The Bertz CT molecular complexity index is 519. The van der Waals surface area contributed by atoms with Crippen molar-refractivity contribution in [3.63, 3.8) is 0 Å². The van der Waals surface area contributed by atoms with E-state index in [1.54, 1.807) is 0 Å². The Labute approximate surface area is 119 Å². The second kappa shape index (κ2) is 6.09. The highest BCUT2D eigenvalue weighted by atomic mass is 35.5. The van der Waals surface area contributed by atoms with Gasteiger partial charge in [0.25, 0.3) is 0 Å². The quantitative estimate of drug-likeness (QED) is 0.920. The third kappa shape index (κ3) is 3.72. The molecular formula is C16H18ClNO. The molecule has 2 nitrogen and oxygen atoms in total. The summed E-state index contributed by atoms with van der Waals surface area (Å²) in [6, 6.07) is 15.5. The highest BCUT2D eigenvalue weighted by Gasteiger charge is 2.08. The molecule has 0 aliphatic heterocycles. The van der Waals surface area contributed by atoms with Crippen LogP contribution in [-0.2, 0) is 6.42 Å². The summed E-state index contributed by atoms with van der Waals surface area (Å²) < 4.78 is 0. The standard InChI is InChI=1S/C16H18ClNO/c1-18(2)15-9-5-13(6-10-15)16(19)11-12-3-7-14(17)8-4-12/h3-10,16,19H,11H2,1-2H3. The fourth-order valence-electron chi connectivity index (χ4n) is 1.96. The second-order valence-corrected chi connectivity index (χ2v) is 5.27. The Hall–Kier alpha value is -1.51. The summed E-state index contributed by atoms with van der Waals surface area (Å²) in [5.74, 6) is 0. The number of hydrogen-bond donors (Lipinski definition) is 1. The minimum Gasteiger partial charge on any atom is -0.388 e. The molecule has 0 fully saturated rings. The monoisotopic (exact) mass is 275 g/mol. The van der Waals surface area contributed by atoms with Gasteiger partial charge in [-0.3, -0.25) is 0 Å². The Balaban J connectivity index is 2.07. The lowest BCUT2D eigenvalue weighted by Gasteiger charge is -2.15. The molecule has 1 unspecified atom stereocenters. The predicted molar refractivity (Wildman–Crippen MR) is 80.9 cm³/mol. The van der Waals surface area contributed by atoms with Gasteiger partial charge in [-0.2, -0.15) is 0 Å². The SMILES string of the molecule is CN(C)c1ccc(C(O)Cc2ccc(Cl)cc2)cc1. The van der Waals surface area contributed by atoms with Crippen molar-refractivity contribution in [3.05, 3.63) is 64.7 Å². The van der Waals surface area contributed by atoms with Crippen LogP contribution in [0.15, 0.2) is 48.5 Å². The lowest BCUT2D eigenvalue weighted by atomic mass is 10.0. The molecule has 0 amide bonds. The first-order valence-electron chi connectivity index (χ1n) is 6.26. The molecule has 3 heteroatoms. The van der Waals surface area contributed by atoms with E-state index in [1.807, 2.05) is 67.5 Å². The molecule has 0 aliphatic rings. The number of hydrogen-bond acceptors (Lipinski definition) is 2. The van der Waals surface area contributed by atoms with Crippen LogP contribution in [0.25, 0.3) is 0 Å². The fraction of sp³-hybridized carbons (Fsp3) is 0.250. The van der Waals surface area contributed by atoms with Crippen LogP contribution in [0.2, 0.25) is 5.02 Å². The van der Waals surface area contributed by atoms with Gasteiger partial charge in [0, 0.05) is 31.2 Å². The van der Waals surface area contributed by atoms with Crippen molar-refractivity contribution in [1.29, 1.82) is 0 Å². The number of benzene rings is 2. The van der Waals surface area contributed by atoms with Crippen LogP contribution in [0.3, 0.4) is 0 Å². The number of rotatable bonds is 4. The molecule has 0 aromatic heterocycles. The zero-order chi connectivity index (χ0) is 13.8. The maximum atomic E-state index is 10.2. The Morgan fingerprint density at radius 2 is 1.58 bits per heavy atom. The summed E-state index contributed by atoms with van der Waals surface area (Å²) in [5, 5.41) is 10.9. The van der Waals surface area contributed by atoms with Gasteiger partial charge in [0.15, 0.2) is 0 Å². The van der Waals surface area contributed by atoms with Gasteiger partial charge in [-0.1, -0.05) is 35.9 Å². The van der Waals surface area contributed by atoms with E-state index in [-0.39, 0.29) is 0 Å². The van der Waals surface area contributed by atoms with Gasteiger partial charge in [-0.05, 0) is 35.4 Å². The summed E-state index contributed by atoms with van der Waals surface area (Å²) in [7, 11) is 4.00. The van der Waals surface area contributed by atoms with E-state index in [9.17, 15) is 5.11 Å². The minimum atomic E-state index is -0.489. The topological polar surface area (TPSA) is 23.5 Å². The van der Waals surface area contributed by atoms with E-state index in [1.165, 1.54) is 0 Å². The van der Waals surface area contributed by atoms with Crippen molar-refractivity contribution in [2.45, 2.75) is 12.5 Å². The van der Waals surface area contributed by atoms with Gasteiger partial charge in [-0.25, -0.2) is 0 Å². The van der Waals surface area contributed by atoms with E-state index in [2.05, 4.69) is 0 Å². The van der Waals surface area contributed by atoms with Crippen molar-refractivity contribution < 1.29 is 5.11 Å². The summed E-state index contributed by atoms with van der Waals surface area (Å²) in [6.45, 7) is 0. The average molecular weight is 276 g/mol. The maximum Gasteiger partial charge on any atom is 0.0830 e. The Kier molecular flexibility index (Phi) is 4.46. The van der Waals surface area contributed by atoms with Crippen LogP contribution in [0.4, 0.5) is 5.69 Å².